The highest BCUT2D eigenvalue weighted by molar-refractivity contribution is 5.82. The van der Waals surface area contributed by atoms with Crippen molar-refractivity contribution in [2.24, 2.45) is 0 Å². The van der Waals surface area contributed by atoms with Crippen LogP contribution in [0.4, 0.5) is 0 Å². The Hall–Kier alpha value is -2.41. The minimum atomic E-state index is -0.191. The van der Waals surface area contributed by atoms with Crippen LogP contribution >= 0.6 is 0 Å². The zero-order chi connectivity index (χ0) is 22.3. The number of hydrogen-bond donors (Lipinski definition) is 1. The predicted octanol–water partition coefficient (Wildman–Crippen LogP) is 3.79. The molecule has 174 valence electrons. The van der Waals surface area contributed by atoms with Crippen LogP contribution in [0.25, 0.3) is 11.0 Å². The molecule has 7 heteroatoms. The third-order valence-electron chi connectivity index (χ3n) is 6.97. The lowest BCUT2D eigenvalue weighted by molar-refractivity contribution is -0.138. The van der Waals surface area contributed by atoms with Crippen LogP contribution in [0.1, 0.15) is 70.0 Å². The van der Waals surface area contributed by atoms with Gasteiger partial charge < -0.3 is 19.5 Å². The Labute approximate surface area is 190 Å². The standard InChI is InChI=1S/C25H36N4O3/c1-32-18-24(30)26-16-23-27-21-14-8-9-15-22(21)28(23)17-25(31)29(19-10-4-2-5-11-19)20-12-6-3-7-13-20/h8-9,14-15,19-20H,2-7,10-13,16-18H2,1H3,(H,26,30). The second-order valence-corrected chi connectivity index (χ2v) is 9.20. The van der Waals surface area contributed by atoms with Crippen molar-refractivity contribution in [3.05, 3.63) is 30.1 Å². The number of para-hydroxylation sites is 2. The van der Waals surface area contributed by atoms with Crippen molar-refractivity contribution in [2.75, 3.05) is 13.7 Å². The number of methoxy groups -OCH3 is 1. The molecule has 2 aromatic rings. The number of nitrogens with zero attached hydrogens (tertiary/aromatic N) is 3. The number of imidazole rings is 1. The molecule has 0 atom stereocenters. The molecule has 1 aromatic carbocycles. The largest absolute Gasteiger partial charge is 0.375 e. The highest BCUT2D eigenvalue weighted by Gasteiger charge is 2.33. The first kappa shape index (κ1) is 22.8. The number of carbonyl (C=O) groups excluding carboxylic acids is 2. The summed E-state index contributed by atoms with van der Waals surface area (Å²) in [5.74, 6) is 0.705. The van der Waals surface area contributed by atoms with Gasteiger partial charge in [-0.05, 0) is 37.8 Å². The monoisotopic (exact) mass is 440 g/mol. The number of aromatic nitrogens is 2. The molecule has 0 bridgehead atoms. The number of fused-ring (bicyclic) bond motifs is 1. The summed E-state index contributed by atoms with van der Waals surface area (Å²) in [5.41, 5.74) is 1.78. The first-order valence-corrected chi connectivity index (χ1v) is 12.2. The lowest BCUT2D eigenvalue weighted by Crippen LogP contribution is -2.50. The summed E-state index contributed by atoms with van der Waals surface area (Å²) in [5, 5.41) is 2.86. The smallest absolute Gasteiger partial charge is 0.246 e. The van der Waals surface area contributed by atoms with Crippen LogP contribution in [0.3, 0.4) is 0 Å². The van der Waals surface area contributed by atoms with Gasteiger partial charge >= 0.3 is 0 Å². The number of rotatable bonds is 8. The fraction of sp³-hybridized carbons (Fsp3) is 0.640. The molecular weight excluding hydrogens is 404 g/mol. The molecule has 1 heterocycles. The molecule has 2 amide bonds. The summed E-state index contributed by atoms with van der Waals surface area (Å²) >= 11 is 0. The average molecular weight is 441 g/mol. The number of amides is 2. The Morgan fingerprint density at radius 3 is 2.28 bits per heavy atom. The van der Waals surface area contributed by atoms with Crippen molar-refractivity contribution in [1.29, 1.82) is 0 Å². The fourth-order valence-electron chi connectivity index (χ4n) is 5.44. The van der Waals surface area contributed by atoms with Crippen LogP contribution in [0.15, 0.2) is 24.3 Å². The lowest BCUT2D eigenvalue weighted by atomic mass is 9.88. The summed E-state index contributed by atoms with van der Waals surface area (Å²) in [7, 11) is 1.50. The van der Waals surface area contributed by atoms with Gasteiger partial charge in [-0.1, -0.05) is 50.7 Å². The predicted molar refractivity (Wildman–Crippen MR) is 124 cm³/mol. The van der Waals surface area contributed by atoms with E-state index in [0.29, 0.717) is 17.9 Å². The minimum Gasteiger partial charge on any atom is -0.375 e. The van der Waals surface area contributed by atoms with Crippen LogP contribution in [0.5, 0.6) is 0 Å². The van der Waals surface area contributed by atoms with Crippen molar-refractivity contribution in [3.8, 4) is 0 Å². The van der Waals surface area contributed by atoms with Crippen molar-refractivity contribution < 1.29 is 14.3 Å². The topological polar surface area (TPSA) is 76.5 Å². The number of hydrogen-bond acceptors (Lipinski definition) is 4. The van der Waals surface area contributed by atoms with Gasteiger partial charge in [0.15, 0.2) is 0 Å². The number of ether oxygens (including phenoxy) is 1. The van der Waals surface area contributed by atoms with Crippen molar-refractivity contribution in [1.82, 2.24) is 19.8 Å². The second-order valence-electron chi connectivity index (χ2n) is 9.20. The van der Waals surface area contributed by atoms with E-state index >= 15 is 0 Å². The quantitative estimate of drug-likeness (QED) is 0.678. The van der Waals surface area contributed by atoms with Gasteiger partial charge in [-0.2, -0.15) is 0 Å². The first-order chi connectivity index (χ1) is 15.7. The molecule has 0 unspecified atom stereocenters. The highest BCUT2D eigenvalue weighted by Crippen LogP contribution is 2.31. The Bertz CT molecular complexity index is 895. The van der Waals surface area contributed by atoms with Crippen molar-refractivity contribution >= 4 is 22.8 Å². The molecule has 2 fully saturated rings. The van der Waals surface area contributed by atoms with E-state index in [1.807, 2.05) is 28.8 Å². The Kier molecular flexibility index (Phi) is 7.79. The molecule has 0 saturated heterocycles. The lowest BCUT2D eigenvalue weighted by Gasteiger charge is -2.42. The number of benzene rings is 1. The zero-order valence-electron chi connectivity index (χ0n) is 19.2. The molecule has 7 nitrogen and oxygen atoms in total. The highest BCUT2D eigenvalue weighted by atomic mass is 16.5. The molecule has 4 rings (SSSR count). The molecule has 0 spiro atoms. The van der Waals surface area contributed by atoms with Gasteiger partial charge in [0.25, 0.3) is 0 Å². The molecular formula is C25H36N4O3. The van der Waals surface area contributed by atoms with Gasteiger partial charge in [-0.25, -0.2) is 4.98 Å². The first-order valence-electron chi connectivity index (χ1n) is 12.2. The SMILES string of the molecule is COCC(=O)NCc1nc2ccccc2n1CC(=O)N(C1CCCCC1)C1CCCCC1. The van der Waals surface area contributed by atoms with Crippen molar-refractivity contribution in [3.63, 3.8) is 0 Å². The summed E-state index contributed by atoms with van der Waals surface area (Å²) < 4.78 is 6.90. The second kappa shape index (κ2) is 10.9. The molecule has 1 N–H and O–H groups in total. The maximum absolute atomic E-state index is 13.8. The molecule has 0 aliphatic heterocycles. The number of nitrogens with one attached hydrogen (secondary N) is 1. The zero-order valence-corrected chi connectivity index (χ0v) is 19.2. The fourth-order valence-corrected chi connectivity index (χ4v) is 5.44. The summed E-state index contributed by atoms with van der Waals surface area (Å²) in [6.45, 7) is 0.552. The summed E-state index contributed by atoms with van der Waals surface area (Å²) in [6.07, 6.45) is 11.9. The van der Waals surface area contributed by atoms with Crippen molar-refractivity contribution in [2.45, 2.75) is 89.4 Å². The number of carbonyl (C=O) groups is 2. The third kappa shape index (κ3) is 5.31. The Morgan fingerprint density at radius 1 is 1.03 bits per heavy atom. The maximum atomic E-state index is 13.8. The molecule has 0 radical (unpaired) electrons. The Morgan fingerprint density at radius 2 is 1.66 bits per heavy atom. The van der Waals surface area contributed by atoms with E-state index < -0.39 is 0 Å². The normalized spacial score (nSPS) is 18.0. The maximum Gasteiger partial charge on any atom is 0.246 e. The summed E-state index contributed by atoms with van der Waals surface area (Å²) in [6, 6.07) is 8.60. The molecule has 2 saturated carbocycles. The van der Waals surface area contributed by atoms with E-state index in [2.05, 4.69) is 10.2 Å². The molecule has 1 aromatic heterocycles. The van der Waals surface area contributed by atoms with E-state index in [9.17, 15) is 9.59 Å². The van der Waals surface area contributed by atoms with E-state index in [0.717, 1.165) is 36.7 Å². The van der Waals surface area contributed by atoms with Gasteiger partial charge in [0.2, 0.25) is 11.8 Å². The van der Waals surface area contributed by atoms with Gasteiger partial charge in [0.1, 0.15) is 19.0 Å². The molecule has 32 heavy (non-hydrogen) atoms. The van der Waals surface area contributed by atoms with Crippen LogP contribution in [0, 0.1) is 0 Å². The van der Waals surface area contributed by atoms with E-state index in [1.165, 1.54) is 45.6 Å². The van der Waals surface area contributed by atoms with E-state index in [-0.39, 0.29) is 31.5 Å². The van der Waals surface area contributed by atoms with Crippen LogP contribution < -0.4 is 5.32 Å². The van der Waals surface area contributed by atoms with E-state index in [4.69, 9.17) is 9.72 Å². The van der Waals surface area contributed by atoms with Gasteiger partial charge in [-0.15, -0.1) is 0 Å². The minimum absolute atomic E-state index is 0.0102. The van der Waals surface area contributed by atoms with Gasteiger partial charge in [0.05, 0.1) is 17.6 Å². The van der Waals surface area contributed by atoms with Gasteiger partial charge in [0, 0.05) is 19.2 Å². The molecule has 2 aliphatic carbocycles. The third-order valence-corrected chi connectivity index (χ3v) is 6.97. The van der Waals surface area contributed by atoms with Gasteiger partial charge in [-0.3, -0.25) is 9.59 Å². The molecule has 2 aliphatic rings. The average Bonchev–Trinajstić information content (AvgIpc) is 3.17. The van der Waals surface area contributed by atoms with Crippen LogP contribution in [0.2, 0.25) is 0 Å². The van der Waals surface area contributed by atoms with Crippen LogP contribution in [-0.2, 0) is 27.4 Å². The Balaban J connectivity index is 1.58. The summed E-state index contributed by atoms with van der Waals surface area (Å²) in [4.78, 5) is 32.7. The van der Waals surface area contributed by atoms with E-state index in [1.54, 1.807) is 0 Å². The van der Waals surface area contributed by atoms with Crippen LogP contribution in [-0.4, -0.2) is 52.1 Å².